The summed E-state index contributed by atoms with van der Waals surface area (Å²) in [6.45, 7) is 3.41. The van der Waals surface area contributed by atoms with Crippen molar-refractivity contribution in [1.82, 2.24) is 0 Å². The van der Waals surface area contributed by atoms with Crippen molar-refractivity contribution >= 4 is 23.5 Å². The number of carbonyl (C=O) groups excluding carboxylic acids is 3. The van der Waals surface area contributed by atoms with Crippen LogP contribution in [0.2, 0.25) is 0 Å². The Morgan fingerprint density at radius 1 is 1.12 bits per heavy atom. The third-order valence-corrected chi connectivity index (χ3v) is 9.42. The second kappa shape index (κ2) is 9.17. The van der Waals surface area contributed by atoms with Crippen LogP contribution in [0.1, 0.15) is 71.6 Å². The Bertz CT molecular complexity index is 910. The zero-order valence-corrected chi connectivity index (χ0v) is 19.8. The topological polar surface area (TPSA) is 170 Å². The molecule has 5 N–H and O–H groups in total. The molecule has 0 bridgehead atoms. The molecule has 0 aromatic rings. The summed E-state index contributed by atoms with van der Waals surface area (Å²) in [6.07, 6.45) is 4.30. The van der Waals surface area contributed by atoms with E-state index in [0.29, 0.717) is 12.8 Å². The van der Waals surface area contributed by atoms with Crippen LogP contribution in [0.5, 0.6) is 0 Å². The highest BCUT2D eigenvalue weighted by Crippen LogP contribution is 2.67. The minimum atomic E-state index is -1.71. The maximum Gasteiger partial charge on any atom is 0.306 e. The van der Waals surface area contributed by atoms with E-state index in [1.165, 1.54) is 0 Å². The third-order valence-electron chi connectivity index (χ3n) is 9.42. The molecule has 0 spiro atoms. The molecule has 0 radical (unpaired) electrons. The van der Waals surface area contributed by atoms with Crippen molar-refractivity contribution in [2.45, 2.75) is 83.3 Å². The normalized spacial score (nSPS) is 40.7. The van der Waals surface area contributed by atoms with Crippen molar-refractivity contribution in [3.8, 4) is 0 Å². The number of carbonyl (C=O) groups is 4. The van der Waals surface area contributed by atoms with Gasteiger partial charge in [0.25, 0.3) is 0 Å². The number of hydrogen-bond donors (Lipinski definition) is 3. The number of ketones is 2. The number of fused-ring (bicyclic) bond motifs is 5. The average molecular weight is 481 g/mol. The Morgan fingerprint density at radius 2 is 1.82 bits per heavy atom. The van der Waals surface area contributed by atoms with Gasteiger partial charge in [-0.3, -0.25) is 19.2 Å². The lowest BCUT2D eigenvalue weighted by molar-refractivity contribution is -0.184. The Morgan fingerprint density at radius 3 is 2.50 bits per heavy atom. The zero-order valence-electron chi connectivity index (χ0n) is 19.8. The van der Waals surface area contributed by atoms with Gasteiger partial charge in [-0.05, 0) is 67.8 Å². The number of aliphatic carboxylic acids is 1. The van der Waals surface area contributed by atoms with Crippen LogP contribution in [0.3, 0.4) is 0 Å². The smallest absolute Gasteiger partial charge is 0.306 e. The fraction of sp³-hybridized carbons (Fsp3) is 0.760. The minimum Gasteiger partial charge on any atom is -0.481 e. The molecule has 9 heteroatoms. The van der Waals surface area contributed by atoms with Crippen molar-refractivity contribution in [3.63, 3.8) is 0 Å². The Labute approximate surface area is 198 Å². The van der Waals surface area contributed by atoms with Crippen LogP contribution in [-0.2, 0) is 23.9 Å². The molecule has 190 valence electrons. The van der Waals surface area contributed by atoms with Gasteiger partial charge in [0.05, 0.1) is 18.9 Å². The highest BCUT2D eigenvalue weighted by Gasteiger charge is 2.68. The molecule has 4 aliphatic rings. The van der Waals surface area contributed by atoms with Gasteiger partial charge in [0.2, 0.25) is 5.78 Å². The molecule has 7 atom stereocenters. The Kier molecular flexibility index (Phi) is 7.14. The first-order valence-electron chi connectivity index (χ1n) is 12.0. The van der Waals surface area contributed by atoms with Gasteiger partial charge in [0.15, 0.2) is 12.4 Å². The van der Waals surface area contributed by atoms with E-state index in [2.05, 4.69) is 6.92 Å². The second-order valence-electron chi connectivity index (χ2n) is 11.0. The molecule has 0 aromatic heterocycles. The van der Waals surface area contributed by atoms with E-state index in [9.17, 15) is 29.4 Å². The molecule has 0 amide bonds. The van der Waals surface area contributed by atoms with Gasteiger partial charge >= 0.3 is 11.9 Å². The van der Waals surface area contributed by atoms with Gasteiger partial charge in [-0.25, -0.2) is 0 Å². The lowest BCUT2D eigenvalue weighted by Crippen LogP contribution is -2.62. The van der Waals surface area contributed by atoms with Crippen LogP contribution in [0.4, 0.5) is 0 Å². The van der Waals surface area contributed by atoms with Crippen molar-refractivity contribution < 1.29 is 44.7 Å². The molecular weight excluding hydrogens is 444 g/mol. The van der Waals surface area contributed by atoms with Crippen molar-refractivity contribution in [2.75, 3.05) is 6.61 Å². The van der Waals surface area contributed by atoms with Gasteiger partial charge < -0.3 is 25.5 Å². The first kappa shape index (κ1) is 26.5. The summed E-state index contributed by atoms with van der Waals surface area (Å²) in [4.78, 5) is 47.5. The van der Waals surface area contributed by atoms with E-state index in [0.717, 1.165) is 24.8 Å². The summed E-state index contributed by atoms with van der Waals surface area (Å²) in [5.41, 5.74) is -1.68. The molecule has 0 heterocycles. The number of carboxylic acid groups (broad SMARTS) is 1. The number of aliphatic hydroxyl groups is 2. The van der Waals surface area contributed by atoms with Crippen molar-refractivity contribution in [3.05, 3.63) is 11.6 Å². The van der Waals surface area contributed by atoms with Crippen LogP contribution in [0, 0.1) is 28.6 Å². The van der Waals surface area contributed by atoms with Crippen LogP contribution >= 0.6 is 0 Å². The predicted octanol–water partition coefficient (Wildman–Crippen LogP) is 1.37. The molecule has 4 rings (SSSR count). The second-order valence-corrected chi connectivity index (χ2v) is 11.0. The van der Waals surface area contributed by atoms with Gasteiger partial charge in [-0.2, -0.15) is 0 Å². The van der Waals surface area contributed by atoms with E-state index >= 15 is 0 Å². The molecule has 34 heavy (non-hydrogen) atoms. The molecule has 4 aliphatic carbocycles. The first-order valence-corrected chi connectivity index (χ1v) is 12.0. The zero-order chi connectivity index (χ0) is 24.2. The number of rotatable bonds is 6. The fourth-order valence-corrected chi connectivity index (χ4v) is 7.70. The standard InChI is InChI=1S/C25H34O8.H2O/c1-23-9-7-15(26)11-14(23)3-4-16-17-8-10-25(32,24(17,2)12-18(27)22(16)23)19(28)13-33-21(31)6-5-20(29)30;/h11,16-18,22,27,32H,3-10,12-13H2,1-2H3,(H,29,30);1H2/t16-,17-,18-,22+,23-,24-,25-;/m0./s1. The Hall–Kier alpha value is -2.10. The Balaban J connectivity index is 0.00000324. The van der Waals surface area contributed by atoms with E-state index in [1.54, 1.807) is 6.08 Å². The summed E-state index contributed by atoms with van der Waals surface area (Å²) >= 11 is 0. The van der Waals surface area contributed by atoms with Crippen LogP contribution in [0.15, 0.2) is 11.6 Å². The van der Waals surface area contributed by atoms with Crippen LogP contribution in [-0.4, -0.2) is 62.6 Å². The molecule has 9 nitrogen and oxygen atoms in total. The molecule has 0 unspecified atom stereocenters. The number of hydrogen-bond acceptors (Lipinski definition) is 7. The fourth-order valence-electron chi connectivity index (χ4n) is 7.70. The van der Waals surface area contributed by atoms with Gasteiger partial charge in [-0.15, -0.1) is 0 Å². The summed E-state index contributed by atoms with van der Waals surface area (Å²) in [7, 11) is 0. The van der Waals surface area contributed by atoms with Crippen molar-refractivity contribution in [2.24, 2.45) is 28.6 Å². The molecule has 3 saturated carbocycles. The van der Waals surface area contributed by atoms with Gasteiger partial charge in [0.1, 0.15) is 5.60 Å². The minimum absolute atomic E-state index is 0. The van der Waals surface area contributed by atoms with Gasteiger partial charge in [0, 0.05) is 11.8 Å². The average Bonchev–Trinajstić information content (AvgIpc) is 3.02. The highest BCUT2D eigenvalue weighted by molar-refractivity contribution is 5.92. The number of ether oxygens (including phenoxy) is 1. The largest absolute Gasteiger partial charge is 0.481 e. The predicted molar refractivity (Wildman–Crippen MR) is 119 cm³/mol. The SMILES string of the molecule is C[C@]12CCC(=O)C=C1CC[C@@H]1[C@@H]2[C@@H](O)C[C@@]2(C)[C@H]1CC[C@]2(O)C(=O)COC(=O)CCC(=O)O.O. The molecule has 0 aromatic carbocycles. The molecule has 0 aliphatic heterocycles. The summed E-state index contributed by atoms with van der Waals surface area (Å²) < 4.78 is 4.97. The number of aliphatic hydroxyl groups excluding tert-OH is 1. The van der Waals surface area contributed by atoms with E-state index < -0.39 is 41.4 Å². The lowest BCUT2D eigenvalue weighted by atomic mass is 9.45. The van der Waals surface area contributed by atoms with E-state index in [1.807, 2.05) is 6.92 Å². The number of carboxylic acids is 1. The highest BCUT2D eigenvalue weighted by atomic mass is 16.5. The maximum atomic E-state index is 13.1. The quantitative estimate of drug-likeness (QED) is 0.479. The maximum absolute atomic E-state index is 13.1. The number of Topliss-reactive ketones (excluding diaryl/α,β-unsaturated/α-hetero) is 1. The lowest BCUT2D eigenvalue weighted by Gasteiger charge is -2.60. The molecular formula is C25H36O9. The third kappa shape index (κ3) is 4.01. The first-order chi connectivity index (χ1) is 15.4. The van der Waals surface area contributed by atoms with Crippen molar-refractivity contribution in [1.29, 1.82) is 0 Å². The molecule has 0 saturated heterocycles. The number of esters is 1. The van der Waals surface area contributed by atoms with E-state index in [-0.39, 0.29) is 60.1 Å². The monoisotopic (exact) mass is 480 g/mol. The van der Waals surface area contributed by atoms with Crippen LogP contribution in [0.25, 0.3) is 0 Å². The van der Waals surface area contributed by atoms with E-state index in [4.69, 9.17) is 9.84 Å². The van der Waals surface area contributed by atoms with Crippen LogP contribution < -0.4 is 0 Å². The summed E-state index contributed by atoms with van der Waals surface area (Å²) in [6, 6.07) is 0. The van der Waals surface area contributed by atoms with Gasteiger partial charge in [-0.1, -0.05) is 19.4 Å². The molecule has 3 fully saturated rings. The summed E-state index contributed by atoms with van der Waals surface area (Å²) in [5.74, 6) is -2.20. The number of allylic oxidation sites excluding steroid dienone is 1. The summed E-state index contributed by atoms with van der Waals surface area (Å²) in [5, 5.41) is 31.6.